The Kier molecular flexibility index (Phi) is 10.5. The van der Waals surface area contributed by atoms with E-state index in [1.807, 2.05) is 56.3 Å². The highest BCUT2D eigenvalue weighted by atomic mass is 32.2. The summed E-state index contributed by atoms with van der Waals surface area (Å²) in [5, 5.41) is 8.07. The number of anilines is 1. The summed E-state index contributed by atoms with van der Waals surface area (Å²) in [5.41, 5.74) is 5.86. The van der Waals surface area contributed by atoms with Gasteiger partial charge in [0.25, 0.3) is 0 Å². The van der Waals surface area contributed by atoms with Crippen LogP contribution in [0.5, 0.6) is 11.5 Å². The second kappa shape index (κ2) is 14.5. The van der Waals surface area contributed by atoms with E-state index in [2.05, 4.69) is 50.8 Å². The molecule has 48 heavy (non-hydrogen) atoms. The standard InChI is InChI=1S/C35H37F3N6O3S/c1-21(2)30-19-29(46-6)15-16-31(30)44-22(3)17-18-48-34(44)41-33(45)40-24(5)23(4)25-7-9-26(10-8-25)32-39-20-43(42-32)27-11-13-28(14-12-27)47-35(36,37)38/h7-16,19-22H,17-18H2,1-6H3,(H,40,45)/b24-23+,41-34-. The summed E-state index contributed by atoms with van der Waals surface area (Å²) in [6, 6.07) is 18.7. The van der Waals surface area contributed by atoms with Crippen LogP contribution >= 0.6 is 11.8 Å². The van der Waals surface area contributed by atoms with Gasteiger partial charge in [-0.1, -0.05) is 49.9 Å². The first-order valence-corrected chi connectivity index (χ1v) is 16.4. The Morgan fingerprint density at radius 3 is 2.38 bits per heavy atom. The Balaban J connectivity index is 1.29. The fourth-order valence-corrected chi connectivity index (χ4v) is 6.46. The van der Waals surface area contributed by atoms with E-state index in [0.29, 0.717) is 22.4 Å². The van der Waals surface area contributed by atoms with E-state index in [1.54, 1.807) is 18.9 Å². The number of alkyl halides is 3. The average molecular weight is 679 g/mol. The van der Waals surface area contributed by atoms with Crippen molar-refractivity contribution in [3.05, 3.63) is 89.9 Å². The van der Waals surface area contributed by atoms with E-state index in [1.165, 1.54) is 35.3 Å². The first-order valence-electron chi connectivity index (χ1n) is 15.4. The van der Waals surface area contributed by atoms with E-state index >= 15 is 0 Å². The number of rotatable bonds is 8. The zero-order valence-corrected chi connectivity index (χ0v) is 28.3. The molecular formula is C35H37F3N6O3S. The minimum atomic E-state index is -4.76. The summed E-state index contributed by atoms with van der Waals surface area (Å²) in [6.07, 6.45) is -2.31. The molecule has 1 atom stereocenters. The predicted molar refractivity (Wildman–Crippen MR) is 184 cm³/mol. The van der Waals surface area contributed by atoms with Gasteiger partial charge in [0, 0.05) is 28.7 Å². The quantitative estimate of drug-likeness (QED) is 0.199. The van der Waals surface area contributed by atoms with Crippen molar-refractivity contribution in [1.82, 2.24) is 20.1 Å². The van der Waals surface area contributed by atoms with Gasteiger partial charge in [-0.3, -0.25) is 0 Å². The monoisotopic (exact) mass is 678 g/mol. The maximum atomic E-state index is 13.2. The van der Waals surface area contributed by atoms with Crippen LogP contribution < -0.4 is 19.7 Å². The molecule has 1 fully saturated rings. The van der Waals surface area contributed by atoms with Gasteiger partial charge in [-0.25, -0.2) is 14.5 Å². The number of methoxy groups -OCH3 is 1. The maximum Gasteiger partial charge on any atom is 0.573 e. The van der Waals surface area contributed by atoms with Crippen molar-refractivity contribution < 1.29 is 27.4 Å². The molecule has 252 valence electrons. The highest BCUT2D eigenvalue weighted by molar-refractivity contribution is 8.14. The molecule has 5 rings (SSSR count). The largest absolute Gasteiger partial charge is 0.573 e. The molecule has 13 heteroatoms. The van der Waals surface area contributed by atoms with Gasteiger partial charge in [-0.15, -0.1) is 18.3 Å². The molecule has 0 saturated carbocycles. The lowest BCUT2D eigenvalue weighted by Gasteiger charge is -2.37. The lowest BCUT2D eigenvalue weighted by Crippen LogP contribution is -2.42. The molecule has 0 spiro atoms. The van der Waals surface area contributed by atoms with E-state index in [0.717, 1.165) is 45.9 Å². The van der Waals surface area contributed by atoms with Gasteiger partial charge in [0.05, 0.1) is 12.8 Å². The number of ether oxygens (including phenoxy) is 2. The van der Waals surface area contributed by atoms with Crippen molar-refractivity contribution in [3.63, 3.8) is 0 Å². The molecule has 0 radical (unpaired) electrons. The fourth-order valence-electron chi connectivity index (χ4n) is 5.25. The molecule has 1 saturated heterocycles. The SMILES string of the molecule is COc1ccc(N2/C(=N/C(=O)N/C(C)=C(\C)c3ccc(-c4ncn(-c5ccc(OC(F)(F)F)cc5)n4)cc3)SCCC2C)c(C(C)C)c1. The molecule has 0 bridgehead atoms. The number of hydrogen-bond acceptors (Lipinski definition) is 6. The number of amides is 2. The summed E-state index contributed by atoms with van der Waals surface area (Å²) in [5.74, 6) is 2.03. The number of thioether (sulfide) groups is 1. The molecule has 3 aromatic carbocycles. The predicted octanol–water partition coefficient (Wildman–Crippen LogP) is 8.81. The number of carbonyl (C=O) groups is 1. The van der Waals surface area contributed by atoms with Crippen LogP contribution in [0.1, 0.15) is 58.1 Å². The van der Waals surface area contributed by atoms with Gasteiger partial charge >= 0.3 is 12.4 Å². The van der Waals surface area contributed by atoms with E-state index in [4.69, 9.17) is 4.74 Å². The molecule has 4 aromatic rings. The van der Waals surface area contributed by atoms with E-state index in [-0.39, 0.29) is 17.7 Å². The Morgan fingerprint density at radius 2 is 1.73 bits per heavy atom. The minimum absolute atomic E-state index is 0.167. The molecule has 9 nitrogen and oxygen atoms in total. The number of urea groups is 1. The lowest BCUT2D eigenvalue weighted by atomic mass is 9.99. The summed E-state index contributed by atoms with van der Waals surface area (Å²) >= 11 is 1.57. The number of halogens is 3. The van der Waals surface area contributed by atoms with Crippen molar-refractivity contribution in [1.29, 1.82) is 0 Å². The second-order valence-corrected chi connectivity index (χ2v) is 12.7. The van der Waals surface area contributed by atoms with Crippen LogP contribution in [-0.2, 0) is 0 Å². The van der Waals surface area contributed by atoms with Gasteiger partial charge in [0.15, 0.2) is 11.0 Å². The van der Waals surface area contributed by atoms with E-state index < -0.39 is 12.4 Å². The number of allylic oxidation sites excluding steroid dienone is 2. The summed E-state index contributed by atoms with van der Waals surface area (Å²) < 4.78 is 48.3. The van der Waals surface area contributed by atoms with Crippen molar-refractivity contribution in [3.8, 4) is 28.6 Å². The number of aliphatic imine (C=N–C) groups is 1. The van der Waals surface area contributed by atoms with Crippen molar-refractivity contribution in [2.75, 3.05) is 17.8 Å². The van der Waals surface area contributed by atoms with Gasteiger partial charge in [0.2, 0.25) is 0 Å². The van der Waals surface area contributed by atoms with Crippen molar-refractivity contribution >= 4 is 34.2 Å². The number of aromatic nitrogens is 3. The number of amidine groups is 1. The summed E-state index contributed by atoms with van der Waals surface area (Å²) in [6.45, 7) is 10.2. The zero-order valence-electron chi connectivity index (χ0n) is 27.5. The van der Waals surface area contributed by atoms with Gasteiger partial charge in [-0.05, 0) is 92.3 Å². The molecule has 1 unspecified atom stereocenters. The molecule has 1 aliphatic rings. The normalized spacial score (nSPS) is 16.6. The first kappa shape index (κ1) is 34.6. The highest BCUT2D eigenvalue weighted by Crippen LogP contribution is 2.37. The first-order chi connectivity index (χ1) is 22.8. The average Bonchev–Trinajstić information content (AvgIpc) is 3.54. The summed E-state index contributed by atoms with van der Waals surface area (Å²) in [4.78, 5) is 24.3. The van der Waals surface area contributed by atoms with Crippen LogP contribution in [0, 0.1) is 0 Å². The molecule has 2 amide bonds. The second-order valence-electron chi connectivity index (χ2n) is 11.6. The van der Waals surface area contributed by atoms with Gasteiger partial charge < -0.3 is 19.7 Å². The van der Waals surface area contributed by atoms with Crippen molar-refractivity contribution in [2.24, 2.45) is 4.99 Å². The van der Waals surface area contributed by atoms with Gasteiger partial charge in [-0.2, -0.15) is 4.99 Å². The minimum Gasteiger partial charge on any atom is -0.497 e. The molecule has 1 aromatic heterocycles. The Labute approximate surface area is 281 Å². The number of hydrogen-bond donors (Lipinski definition) is 1. The van der Waals surface area contributed by atoms with Crippen LogP contribution in [0.2, 0.25) is 0 Å². The molecular weight excluding hydrogens is 641 g/mol. The maximum absolute atomic E-state index is 13.2. The molecule has 2 heterocycles. The Hall–Kier alpha value is -4.78. The van der Waals surface area contributed by atoms with Gasteiger partial charge in [0.1, 0.15) is 17.8 Å². The number of nitrogens with zero attached hydrogens (tertiary/aromatic N) is 5. The van der Waals surface area contributed by atoms with Crippen LogP contribution in [0.15, 0.2) is 83.7 Å². The lowest BCUT2D eigenvalue weighted by molar-refractivity contribution is -0.274. The third kappa shape index (κ3) is 8.19. The highest BCUT2D eigenvalue weighted by Gasteiger charge is 2.31. The Bertz CT molecular complexity index is 1820. The third-order valence-electron chi connectivity index (χ3n) is 7.99. The zero-order chi connectivity index (χ0) is 34.6. The van der Waals surface area contributed by atoms with Crippen LogP contribution in [0.3, 0.4) is 0 Å². The smallest absolute Gasteiger partial charge is 0.497 e. The topological polar surface area (TPSA) is 93.9 Å². The Morgan fingerprint density at radius 1 is 1.04 bits per heavy atom. The molecule has 1 N–H and O–H groups in total. The summed E-state index contributed by atoms with van der Waals surface area (Å²) in [7, 11) is 1.66. The molecule has 0 aliphatic carbocycles. The van der Waals surface area contributed by atoms with E-state index in [9.17, 15) is 18.0 Å². The number of benzene rings is 3. The van der Waals surface area contributed by atoms with Crippen LogP contribution in [-0.4, -0.2) is 51.2 Å². The number of nitrogens with one attached hydrogen (secondary N) is 1. The van der Waals surface area contributed by atoms with Crippen LogP contribution in [0.4, 0.5) is 23.7 Å². The molecule has 1 aliphatic heterocycles. The fraction of sp³-hybridized carbons (Fsp3) is 0.314. The third-order valence-corrected chi connectivity index (χ3v) is 8.97. The van der Waals surface area contributed by atoms with Crippen molar-refractivity contribution in [2.45, 2.75) is 59.4 Å². The van der Waals surface area contributed by atoms with Crippen LogP contribution in [0.25, 0.3) is 22.6 Å². The number of carbonyl (C=O) groups excluding carboxylic acids is 1.